The molecule has 0 aliphatic heterocycles. The lowest BCUT2D eigenvalue weighted by Gasteiger charge is -2.27. The van der Waals surface area contributed by atoms with Gasteiger partial charge in [0.15, 0.2) is 0 Å². The van der Waals surface area contributed by atoms with Gasteiger partial charge in [-0.05, 0) is 12.1 Å². The molecule has 29 heavy (non-hydrogen) atoms. The van der Waals surface area contributed by atoms with Crippen LogP contribution in [0.2, 0.25) is 12.1 Å². The Labute approximate surface area is 186 Å². The van der Waals surface area contributed by atoms with E-state index >= 15 is 0 Å². The van der Waals surface area contributed by atoms with Gasteiger partial charge in [0.2, 0.25) is 0 Å². The first-order valence-corrected chi connectivity index (χ1v) is 15.6. The highest BCUT2D eigenvalue weighted by atomic mass is 28.4. The monoisotopic (exact) mass is 428 g/mol. The molecule has 0 radical (unpaired) electrons. The minimum atomic E-state index is -1.92. The maximum atomic E-state index is 5.96. The SMILES string of the molecule is CCCCCCCCCCCCCC[Si](CCCCCCCCCC)(OC)OC. The maximum Gasteiger partial charge on any atom is 0.337 e. The summed E-state index contributed by atoms with van der Waals surface area (Å²) in [7, 11) is 1.86. The van der Waals surface area contributed by atoms with E-state index in [1.807, 2.05) is 14.2 Å². The van der Waals surface area contributed by atoms with Crippen LogP contribution in [0.25, 0.3) is 0 Å². The van der Waals surface area contributed by atoms with Crippen molar-refractivity contribution in [3.05, 3.63) is 0 Å². The van der Waals surface area contributed by atoms with Gasteiger partial charge in [-0.15, -0.1) is 0 Å². The van der Waals surface area contributed by atoms with Crippen LogP contribution in [0.15, 0.2) is 0 Å². The van der Waals surface area contributed by atoms with Crippen LogP contribution >= 0.6 is 0 Å². The minimum Gasteiger partial charge on any atom is -0.398 e. The molecule has 3 heteroatoms. The Balaban J connectivity index is 3.61. The van der Waals surface area contributed by atoms with Crippen molar-refractivity contribution in [1.82, 2.24) is 0 Å². The van der Waals surface area contributed by atoms with Crippen LogP contribution in [0.3, 0.4) is 0 Å². The predicted octanol–water partition coefficient (Wildman–Crippen LogP) is 9.56. The van der Waals surface area contributed by atoms with Crippen molar-refractivity contribution in [3.8, 4) is 0 Å². The molecule has 0 aliphatic carbocycles. The molecule has 0 amide bonds. The molecule has 0 N–H and O–H groups in total. The van der Waals surface area contributed by atoms with E-state index in [-0.39, 0.29) is 0 Å². The van der Waals surface area contributed by atoms with Gasteiger partial charge >= 0.3 is 8.56 Å². The van der Waals surface area contributed by atoms with Gasteiger partial charge in [0.25, 0.3) is 0 Å². The molecule has 0 rings (SSSR count). The highest BCUT2D eigenvalue weighted by molar-refractivity contribution is 6.67. The summed E-state index contributed by atoms with van der Waals surface area (Å²) in [5.41, 5.74) is 0. The molecule has 0 bridgehead atoms. The lowest BCUT2D eigenvalue weighted by Crippen LogP contribution is -2.39. The summed E-state index contributed by atoms with van der Waals surface area (Å²) in [4.78, 5) is 0. The maximum absolute atomic E-state index is 5.96. The van der Waals surface area contributed by atoms with Gasteiger partial charge in [-0.25, -0.2) is 0 Å². The molecule has 0 saturated carbocycles. The molecule has 0 fully saturated rings. The lowest BCUT2D eigenvalue weighted by molar-refractivity contribution is 0.238. The second-order valence-electron chi connectivity index (χ2n) is 9.18. The zero-order valence-corrected chi connectivity index (χ0v) is 21.9. The van der Waals surface area contributed by atoms with E-state index in [2.05, 4.69) is 13.8 Å². The van der Waals surface area contributed by atoms with Gasteiger partial charge in [0.1, 0.15) is 0 Å². The molecule has 0 atom stereocenters. The van der Waals surface area contributed by atoms with Crippen LogP contribution in [-0.4, -0.2) is 22.8 Å². The third-order valence-corrected chi connectivity index (χ3v) is 10.3. The topological polar surface area (TPSA) is 18.5 Å². The third kappa shape index (κ3) is 18.6. The minimum absolute atomic E-state index is 1.19. The van der Waals surface area contributed by atoms with Crippen LogP contribution in [-0.2, 0) is 8.85 Å². The Kier molecular flexibility index (Phi) is 22.9. The van der Waals surface area contributed by atoms with Crippen molar-refractivity contribution in [2.75, 3.05) is 14.2 Å². The molecule has 0 unspecified atom stereocenters. The molecule has 176 valence electrons. The quantitative estimate of drug-likeness (QED) is 0.112. The fourth-order valence-corrected chi connectivity index (χ4v) is 7.19. The van der Waals surface area contributed by atoms with E-state index in [0.29, 0.717) is 0 Å². The zero-order chi connectivity index (χ0) is 21.5. The number of hydrogen-bond donors (Lipinski definition) is 0. The van der Waals surface area contributed by atoms with Gasteiger partial charge in [0.05, 0.1) is 0 Å². The third-order valence-electron chi connectivity index (χ3n) is 6.57. The zero-order valence-electron chi connectivity index (χ0n) is 20.9. The molecule has 0 saturated heterocycles. The Hall–Kier alpha value is 0.137. The first-order chi connectivity index (χ1) is 14.2. The van der Waals surface area contributed by atoms with Gasteiger partial charge < -0.3 is 8.85 Å². The lowest BCUT2D eigenvalue weighted by atomic mass is 10.1. The largest absolute Gasteiger partial charge is 0.398 e. The average molecular weight is 429 g/mol. The number of rotatable bonds is 24. The molecule has 0 heterocycles. The highest BCUT2D eigenvalue weighted by Crippen LogP contribution is 2.25. The Bertz CT molecular complexity index is 305. The van der Waals surface area contributed by atoms with E-state index in [1.54, 1.807) is 0 Å². The van der Waals surface area contributed by atoms with Crippen LogP contribution in [0.1, 0.15) is 142 Å². The summed E-state index contributed by atoms with van der Waals surface area (Å²) < 4.78 is 11.9. The molecule has 0 aromatic heterocycles. The van der Waals surface area contributed by atoms with Gasteiger partial charge in [-0.1, -0.05) is 142 Å². The molecule has 0 aromatic rings. The first kappa shape index (κ1) is 29.1. The molecule has 0 aliphatic rings. The Morgan fingerprint density at radius 1 is 0.379 bits per heavy atom. The van der Waals surface area contributed by atoms with Crippen molar-refractivity contribution in [2.45, 2.75) is 154 Å². The fourth-order valence-electron chi connectivity index (χ4n) is 4.38. The highest BCUT2D eigenvalue weighted by Gasteiger charge is 2.33. The van der Waals surface area contributed by atoms with Crippen LogP contribution in [0, 0.1) is 0 Å². The van der Waals surface area contributed by atoms with Gasteiger partial charge in [0, 0.05) is 14.2 Å². The second kappa shape index (κ2) is 22.8. The van der Waals surface area contributed by atoms with Gasteiger partial charge in [-0.2, -0.15) is 0 Å². The Morgan fingerprint density at radius 3 is 0.862 bits per heavy atom. The van der Waals surface area contributed by atoms with Crippen molar-refractivity contribution in [1.29, 1.82) is 0 Å². The van der Waals surface area contributed by atoms with Crippen LogP contribution < -0.4 is 0 Å². The summed E-state index contributed by atoms with van der Waals surface area (Å²) in [5, 5.41) is 0. The molecule has 0 aromatic carbocycles. The van der Waals surface area contributed by atoms with E-state index in [0.717, 1.165) is 0 Å². The Morgan fingerprint density at radius 2 is 0.621 bits per heavy atom. The number of hydrogen-bond acceptors (Lipinski definition) is 2. The van der Waals surface area contributed by atoms with E-state index in [9.17, 15) is 0 Å². The summed E-state index contributed by atoms with van der Waals surface area (Å²) >= 11 is 0. The second-order valence-corrected chi connectivity index (χ2v) is 12.8. The molecular weight excluding hydrogens is 372 g/mol. The van der Waals surface area contributed by atoms with E-state index in [1.165, 1.54) is 141 Å². The van der Waals surface area contributed by atoms with Gasteiger partial charge in [-0.3, -0.25) is 0 Å². The van der Waals surface area contributed by atoms with Crippen LogP contribution in [0.5, 0.6) is 0 Å². The first-order valence-electron chi connectivity index (χ1n) is 13.3. The average Bonchev–Trinajstić information content (AvgIpc) is 2.75. The molecule has 2 nitrogen and oxygen atoms in total. The molecule has 0 spiro atoms. The van der Waals surface area contributed by atoms with Crippen molar-refractivity contribution in [2.24, 2.45) is 0 Å². The van der Waals surface area contributed by atoms with Crippen molar-refractivity contribution in [3.63, 3.8) is 0 Å². The van der Waals surface area contributed by atoms with Crippen molar-refractivity contribution >= 4 is 8.56 Å². The summed E-state index contributed by atoms with van der Waals surface area (Å²) in [6, 6.07) is 2.38. The summed E-state index contributed by atoms with van der Waals surface area (Å²) in [6.07, 6.45) is 28.0. The predicted molar refractivity (Wildman–Crippen MR) is 133 cm³/mol. The summed E-state index contributed by atoms with van der Waals surface area (Å²) in [5.74, 6) is 0. The number of unbranched alkanes of at least 4 members (excludes halogenated alkanes) is 18. The van der Waals surface area contributed by atoms with E-state index in [4.69, 9.17) is 8.85 Å². The fraction of sp³-hybridized carbons (Fsp3) is 1.00. The smallest absolute Gasteiger partial charge is 0.337 e. The van der Waals surface area contributed by atoms with Crippen LogP contribution in [0.4, 0.5) is 0 Å². The van der Waals surface area contributed by atoms with Crippen molar-refractivity contribution < 1.29 is 8.85 Å². The normalized spacial score (nSPS) is 12.0. The molecular formula is C26H56O2Si. The standard InChI is InChI=1S/C26H56O2Si/c1-5-7-9-11-13-15-16-17-18-20-22-24-26-29(27-3,28-4)25-23-21-19-14-12-10-8-6-2/h5-26H2,1-4H3. The van der Waals surface area contributed by atoms with E-state index < -0.39 is 8.56 Å². The summed E-state index contributed by atoms with van der Waals surface area (Å²) in [6.45, 7) is 4.58.